The zero-order chi connectivity index (χ0) is 17.4. The largest absolute Gasteiger partial charge is 0.497 e. The van der Waals surface area contributed by atoms with Gasteiger partial charge in [0.25, 0.3) is 0 Å². The second-order valence-electron chi connectivity index (χ2n) is 5.85. The number of benzene rings is 2. The van der Waals surface area contributed by atoms with Gasteiger partial charge in [-0.05, 0) is 61.0 Å². The normalized spacial score (nSPS) is 13.0. The third-order valence-electron chi connectivity index (χ3n) is 4.18. The van der Waals surface area contributed by atoms with E-state index in [1.807, 2.05) is 36.4 Å². The number of rotatable bonds is 8. The first-order chi connectivity index (χ1) is 11.6. The van der Waals surface area contributed by atoms with E-state index in [1.54, 1.807) is 7.11 Å². The van der Waals surface area contributed by atoms with Gasteiger partial charge in [-0.15, -0.1) is 0 Å². The first-order valence-electron chi connectivity index (χ1n) is 8.12. The highest BCUT2D eigenvalue weighted by atomic mass is 16.5. The van der Waals surface area contributed by atoms with E-state index >= 15 is 0 Å². The molecule has 2 aromatic rings. The summed E-state index contributed by atoms with van der Waals surface area (Å²) < 4.78 is 5.27. The SMILES string of the molecule is COc1cccc([C@H](C)N[C@@H](CCc2ccccc2C)N=[N+]=[N-])c1. The Labute approximate surface area is 143 Å². The molecule has 0 aromatic heterocycles. The van der Waals surface area contributed by atoms with Crippen molar-refractivity contribution in [2.75, 3.05) is 7.11 Å². The summed E-state index contributed by atoms with van der Waals surface area (Å²) in [4.78, 5) is 2.99. The summed E-state index contributed by atoms with van der Waals surface area (Å²) in [6, 6.07) is 16.3. The van der Waals surface area contributed by atoms with E-state index in [0.717, 1.165) is 24.2 Å². The number of ether oxygens (including phenoxy) is 1. The average Bonchev–Trinajstić information content (AvgIpc) is 2.61. The number of methoxy groups -OCH3 is 1. The van der Waals surface area contributed by atoms with E-state index in [9.17, 15) is 0 Å². The van der Waals surface area contributed by atoms with Crippen LogP contribution in [0.25, 0.3) is 10.4 Å². The molecule has 0 spiro atoms. The summed E-state index contributed by atoms with van der Waals surface area (Å²) in [6.07, 6.45) is 1.37. The maximum atomic E-state index is 8.85. The van der Waals surface area contributed by atoms with Gasteiger partial charge in [-0.1, -0.05) is 41.5 Å². The molecule has 5 heteroatoms. The Hall–Kier alpha value is -2.49. The van der Waals surface area contributed by atoms with E-state index in [4.69, 9.17) is 10.3 Å². The van der Waals surface area contributed by atoms with Crippen molar-refractivity contribution in [2.45, 2.75) is 38.9 Å². The minimum absolute atomic E-state index is 0.0625. The molecule has 2 aromatic carbocycles. The first kappa shape index (κ1) is 17.9. The fraction of sp³-hybridized carbons (Fsp3) is 0.368. The quantitative estimate of drug-likeness (QED) is 0.425. The molecule has 0 aliphatic rings. The molecule has 0 amide bonds. The van der Waals surface area contributed by atoms with Crippen molar-refractivity contribution >= 4 is 0 Å². The molecule has 0 saturated carbocycles. The molecule has 0 saturated heterocycles. The lowest BCUT2D eigenvalue weighted by Crippen LogP contribution is -2.30. The monoisotopic (exact) mass is 324 g/mol. The van der Waals surface area contributed by atoms with Crippen LogP contribution >= 0.6 is 0 Å². The molecule has 24 heavy (non-hydrogen) atoms. The van der Waals surface area contributed by atoms with Crippen LogP contribution in [0, 0.1) is 6.92 Å². The highest BCUT2D eigenvalue weighted by Crippen LogP contribution is 2.20. The molecule has 2 rings (SSSR count). The molecule has 0 unspecified atom stereocenters. The highest BCUT2D eigenvalue weighted by molar-refractivity contribution is 5.30. The molecule has 0 bridgehead atoms. The molecule has 0 heterocycles. The van der Waals surface area contributed by atoms with Crippen molar-refractivity contribution in [3.63, 3.8) is 0 Å². The summed E-state index contributed by atoms with van der Waals surface area (Å²) in [6.45, 7) is 4.16. The van der Waals surface area contributed by atoms with E-state index in [0.29, 0.717) is 0 Å². The van der Waals surface area contributed by atoms with E-state index in [1.165, 1.54) is 11.1 Å². The molecule has 5 nitrogen and oxygen atoms in total. The number of nitrogens with one attached hydrogen (secondary N) is 1. The molecular formula is C19H24N4O. The predicted molar refractivity (Wildman–Crippen MR) is 97.0 cm³/mol. The average molecular weight is 324 g/mol. The summed E-state index contributed by atoms with van der Waals surface area (Å²) in [5.74, 6) is 0.821. The molecule has 2 atom stereocenters. The fourth-order valence-corrected chi connectivity index (χ4v) is 2.72. The molecule has 0 aliphatic heterocycles. The number of azide groups is 1. The standard InChI is InChI=1S/C19H24N4O/c1-14-7-4-5-8-16(14)11-12-19(22-23-20)21-15(2)17-9-6-10-18(13-17)24-3/h4-10,13,15,19,21H,11-12H2,1-3H3/t15-,19+/m0/s1. The van der Waals surface area contributed by atoms with Crippen molar-refractivity contribution in [1.82, 2.24) is 5.32 Å². The second kappa shape index (κ2) is 8.96. The zero-order valence-corrected chi connectivity index (χ0v) is 14.4. The lowest BCUT2D eigenvalue weighted by Gasteiger charge is -2.20. The Morgan fingerprint density at radius 1 is 1.21 bits per heavy atom. The first-order valence-corrected chi connectivity index (χ1v) is 8.12. The summed E-state index contributed by atoms with van der Waals surface area (Å²) in [7, 11) is 1.65. The summed E-state index contributed by atoms with van der Waals surface area (Å²) >= 11 is 0. The van der Waals surface area contributed by atoms with Gasteiger partial charge < -0.3 is 10.1 Å². The molecule has 0 aliphatic carbocycles. The van der Waals surface area contributed by atoms with Crippen LogP contribution in [0.1, 0.15) is 36.1 Å². The second-order valence-corrected chi connectivity index (χ2v) is 5.85. The Morgan fingerprint density at radius 3 is 2.71 bits per heavy atom. The maximum absolute atomic E-state index is 8.85. The molecule has 1 N–H and O–H groups in total. The number of hydrogen-bond acceptors (Lipinski definition) is 3. The molecule has 126 valence electrons. The van der Waals surface area contributed by atoms with E-state index < -0.39 is 0 Å². The van der Waals surface area contributed by atoms with Crippen molar-refractivity contribution in [2.24, 2.45) is 5.11 Å². The number of aryl methyl sites for hydroxylation is 2. The molecule has 0 radical (unpaired) electrons. The molecular weight excluding hydrogens is 300 g/mol. The van der Waals surface area contributed by atoms with Crippen LogP contribution in [-0.2, 0) is 6.42 Å². The van der Waals surface area contributed by atoms with Crippen LogP contribution in [-0.4, -0.2) is 13.3 Å². The highest BCUT2D eigenvalue weighted by Gasteiger charge is 2.13. The van der Waals surface area contributed by atoms with E-state index in [2.05, 4.69) is 41.3 Å². The van der Waals surface area contributed by atoms with Gasteiger partial charge in [-0.25, -0.2) is 0 Å². The fourth-order valence-electron chi connectivity index (χ4n) is 2.72. The van der Waals surface area contributed by atoms with Gasteiger partial charge >= 0.3 is 0 Å². The van der Waals surface area contributed by atoms with Crippen LogP contribution in [0.3, 0.4) is 0 Å². The predicted octanol–water partition coefficient (Wildman–Crippen LogP) is 4.92. The number of hydrogen-bond donors (Lipinski definition) is 1. The Kier molecular flexibility index (Phi) is 6.67. The molecule has 0 fully saturated rings. The van der Waals surface area contributed by atoms with Crippen LogP contribution in [0.5, 0.6) is 5.75 Å². The Balaban J connectivity index is 2.02. The van der Waals surface area contributed by atoms with Crippen molar-refractivity contribution in [3.05, 3.63) is 75.7 Å². The van der Waals surface area contributed by atoms with Crippen LogP contribution in [0.15, 0.2) is 53.6 Å². The lowest BCUT2D eigenvalue weighted by molar-refractivity contribution is 0.410. The van der Waals surface area contributed by atoms with Crippen molar-refractivity contribution in [3.8, 4) is 5.75 Å². The van der Waals surface area contributed by atoms with Crippen molar-refractivity contribution in [1.29, 1.82) is 0 Å². The number of nitrogens with zero attached hydrogens (tertiary/aromatic N) is 3. The van der Waals surface area contributed by atoms with Gasteiger partial charge in [0.05, 0.1) is 13.3 Å². The van der Waals surface area contributed by atoms with Gasteiger partial charge in [0.15, 0.2) is 0 Å². The third kappa shape index (κ3) is 5.01. The van der Waals surface area contributed by atoms with Gasteiger partial charge in [-0.3, -0.25) is 0 Å². The Morgan fingerprint density at radius 2 is 2.00 bits per heavy atom. The van der Waals surface area contributed by atoms with E-state index in [-0.39, 0.29) is 12.2 Å². The van der Waals surface area contributed by atoms with Gasteiger partial charge in [0, 0.05) is 11.0 Å². The zero-order valence-electron chi connectivity index (χ0n) is 14.4. The summed E-state index contributed by atoms with van der Waals surface area (Å²) in [5, 5.41) is 7.31. The minimum atomic E-state index is -0.254. The third-order valence-corrected chi connectivity index (χ3v) is 4.18. The van der Waals surface area contributed by atoms with Gasteiger partial charge in [0.2, 0.25) is 0 Å². The maximum Gasteiger partial charge on any atom is 0.119 e. The lowest BCUT2D eigenvalue weighted by atomic mass is 10.0. The smallest absolute Gasteiger partial charge is 0.119 e. The minimum Gasteiger partial charge on any atom is -0.497 e. The Bertz CT molecular complexity index is 710. The van der Waals surface area contributed by atoms with Crippen LogP contribution in [0.4, 0.5) is 0 Å². The topological polar surface area (TPSA) is 70.0 Å². The summed E-state index contributed by atoms with van der Waals surface area (Å²) in [5.41, 5.74) is 12.5. The van der Waals surface area contributed by atoms with Crippen molar-refractivity contribution < 1.29 is 4.74 Å². The van der Waals surface area contributed by atoms with Gasteiger partial charge in [0.1, 0.15) is 5.75 Å². The van der Waals surface area contributed by atoms with Crippen LogP contribution < -0.4 is 10.1 Å². The van der Waals surface area contributed by atoms with Crippen LogP contribution in [0.2, 0.25) is 0 Å². The van der Waals surface area contributed by atoms with Gasteiger partial charge in [-0.2, -0.15) is 0 Å².